The number of rotatable bonds is 1. The Hall–Kier alpha value is -0.790. The summed E-state index contributed by atoms with van der Waals surface area (Å²) in [7, 11) is 0. The molecule has 1 fully saturated rings. The van der Waals surface area contributed by atoms with Crippen molar-refractivity contribution in [3.63, 3.8) is 0 Å². The van der Waals surface area contributed by atoms with E-state index in [0.717, 1.165) is 18.4 Å². The third-order valence-corrected chi connectivity index (χ3v) is 3.82. The first kappa shape index (κ1) is 15.3. The Balaban J connectivity index is 2.36. The molecule has 0 radical (unpaired) electrons. The Labute approximate surface area is 111 Å². The molecule has 0 heterocycles. The van der Waals surface area contributed by atoms with Crippen LogP contribution in [0.5, 0.6) is 0 Å². The minimum atomic E-state index is -0.772. The Morgan fingerprint density at radius 2 is 1.06 bits per heavy atom. The van der Waals surface area contributed by atoms with Crippen molar-refractivity contribution in [2.24, 2.45) is 0 Å². The molecule has 1 aliphatic rings. The summed E-state index contributed by atoms with van der Waals surface area (Å²) in [5.74, 6) is -0.772. The lowest BCUT2D eigenvalue weighted by molar-refractivity contribution is -0.131. The van der Waals surface area contributed by atoms with E-state index in [1.165, 1.54) is 76.7 Å². The molecule has 0 atom stereocenters. The van der Waals surface area contributed by atoms with Crippen LogP contribution in [0.1, 0.15) is 83.5 Å². The fourth-order valence-electron chi connectivity index (χ4n) is 2.74. The number of hydrogen-bond donors (Lipinski definition) is 1. The summed E-state index contributed by atoms with van der Waals surface area (Å²) in [6.45, 7) is 0. The largest absolute Gasteiger partial charge is 0.478 e. The maximum absolute atomic E-state index is 10.8. The van der Waals surface area contributed by atoms with Crippen molar-refractivity contribution in [2.75, 3.05) is 0 Å². The van der Waals surface area contributed by atoms with Crippen molar-refractivity contribution in [3.8, 4) is 0 Å². The van der Waals surface area contributed by atoms with Crippen LogP contribution >= 0.6 is 0 Å². The first-order valence-corrected chi connectivity index (χ1v) is 7.71. The summed E-state index contributed by atoms with van der Waals surface area (Å²) < 4.78 is 0. The van der Waals surface area contributed by atoms with Crippen molar-refractivity contribution < 1.29 is 9.90 Å². The SMILES string of the molecule is O=C(O)C=C1CCCCCCCCCCCCC1. The average Bonchev–Trinajstić information content (AvgIpc) is 2.33. The molecule has 0 aromatic rings. The standard InChI is InChI=1S/C16H28O2/c17-16(18)14-15-12-10-8-6-4-2-1-3-5-7-9-11-13-15/h14H,1-13H2,(H,17,18). The van der Waals surface area contributed by atoms with Gasteiger partial charge < -0.3 is 5.11 Å². The highest BCUT2D eigenvalue weighted by Crippen LogP contribution is 2.20. The van der Waals surface area contributed by atoms with Crippen LogP contribution in [0.3, 0.4) is 0 Å². The van der Waals surface area contributed by atoms with Gasteiger partial charge in [0.15, 0.2) is 0 Å². The quantitative estimate of drug-likeness (QED) is 0.660. The van der Waals surface area contributed by atoms with Crippen LogP contribution < -0.4 is 0 Å². The van der Waals surface area contributed by atoms with Crippen molar-refractivity contribution >= 4 is 5.97 Å². The molecule has 0 amide bonds. The second-order valence-corrected chi connectivity index (χ2v) is 5.53. The van der Waals surface area contributed by atoms with Gasteiger partial charge in [0, 0.05) is 6.08 Å². The third-order valence-electron chi connectivity index (χ3n) is 3.82. The minimum absolute atomic E-state index is 0.772. The lowest BCUT2D eigenvalue weighted by atomic mass is 9.97. The highest BCUT2D eigenvalue weighted by Gasteiger charge is 2.03. The molecule has 1 N–H and O–H groups in total. The maximum Gasteiger partial charge on any atom is 0.328 e. The number of carbonyl (C=O) groups is 1. The van der Waals surface area contributed by atoms with Crippen LogP contribution in [0.15, 0.2) is 11.6 Å². The average molecular weight is 252 g/mol. The second kappa shape index (κ2) is 10.2. The van der Waals surface area contributed by atoms with Gasteiger partial charge in [0.1, 0.15) is 0 Å². The first-order chi connectivity index (χ1) is 8.79. The first-order valence-electron chi connectivity index (χ1n) is 7.71. The normalized spacial score (nSPS) is 21.0. The molecular weight excluding hydrogens is 224 g/mol. The second-order valence-electron chi connectivity index (χ2n) is 5.53. The van der Waals surface area contributed by atoms with Crippen molar-refractivity contribution in [2.45, 2.75) is 83.5 Å². The van der Waals surface area contributed by atoms with Crippen LogP contribution in [-0.2, 0) is 4.79 Å². The zero-order valence-electron chi connectivity index (χ0n) is 11.6. The molecule has 1 saturated carbocycles. The van der Waals surface area contributed by atoms with Gasteiger partial charge in [-0.15, -0.1) is 0 Å². The van der Waals surface area contributed by atoms with E-state index >= 15 is 0 Å². The van der Waals surface area contributed by atoms with Crippen LogP contribution in [0, 0.1) is 0 Å². The van der Waals surface area contributed by atoms with Gasteiger partial charge in [-0.2, -0.15) is 0 Å². The molecule has 0 aromatic carbocycles. The molecular formula is C16H28O2. The van der Waals surface area contributed by atoms with E-state index in [1.807, 2.05) is 0 Å². The zero-order valence-corrected chi connectivity index (χ0v) is 11.6. The Kier molecular flexibility index (Phi) is 8.62. The summed E-state index contributed by atoms with van der Waals surface area (Å²) in [4.78, 5) is 10.8. The molecule has 2 heteroatoms. The minimum Gasteiger partial charge on any atom is -0.478 e. The molecule has 0 spiro atoms. The van der Waals surface area contributed by atoms with Gasteiger partial charge in [0.2, 0.25) is 0 Å². The van der Waals surface area contributed by atoms with Gasteiger partial charge in [-0.25, -0.2) is 4.79 Å². The van der Waals surface area contributed by atoms with Gasteiger partial charge in [0.05, 0.1) is 0 Å². The van der Waals surface area contributed by atoms with Crippen LogP contribution in [-0.4, -0.2) is 11.1 Å². The highest BCUT2D eigenvalue weighted by molar-refractivity contribution is 5.80. The van der Waals surface area contributed by atoms with E-state index in [1.54, 1.807) is 0 Å². The van der Waals surface area contributed by atoms with Crippen molar-refractivity contribution in [1.29, 1.82) is 0 Å². The van der Waals surface area contributed by atoms with Crippen molar-refractivity contribution in [1.82, 2.24) is 0 Å². The topological polar surface area (TPSA) is 37.3 Å². The molecule has 0 saturated heterocycles. The molecule has 1 aliphatic carbocycles. The van der Waals surface area contributed by atoms with E-state index in [4.69, 9.17) is 5.11 Å². The lowest BCUT2D eigenvalue weighted by Crippen LogP contribution is -1.95. The highest BCUT2D eigenvalue weighted by atomic mass is 16.4. The smallest absolute Gasteiger partial charge is 0.328 e. The van der Waals surface area contributed by atoms with E-state index in [-0.39, 0.29) is 0 Å². The van der Waals surface area contributed by atoms with E-state index in [0.29, 0.717) is 0 Å². The van der Waals surface area contributed by atoms with Gasteiger partial charge in [-0.1, -0.05) is 63.4 Å². The monoisotopic (exact) mass is 252 g/mol. The summed E-state index contributed by atoms with van der Waals surface area (Å²) in [6, 6.07) is 0. The third kappa shape index (κ3) is 8.32. The molecule has 0 bridgehead atoms. The molecule has 18 heavy (non-hydrogen) atoms. The Morgan fingerprint density at radius 3 is 1.39 bits per heavy atom. The summed E-state index contributed by atoms with van der Waals surface area (Å²) in [5.41, 5.74) is 1.15. The summed E-state index contributed by atoms with van der Waals surface area (Å²) in [5, 5.41) is 8.86. The predicted molar refractivity (Wildman–Crippen MR) is 75.7 cm³/mol. The van der Waals surface area contributed by atoms with Gasteiger partial charge in [-0.3, -0.25) is 0 Å². The van der Waals surface area contributed by atoms with Gasteiger partial charge >= 0.3 is 5.97 Å². The van der Waals surface area contributed by atoms with Crippen LogP contribution in [0.2, 0.25) is 0 Å². The zero-order chi connectivity index (χ0) is 13.1. The molecule has 0 aromatic heterocycles. The van der Waals surface area contributed by atoms with Crippen LogP contribution in [0.4, 0.5) is 0 Å². The van der Waals surface area contributed by atoms with Gasteiger partial charge in [0.25, 0.3) is 0 Å². The van der Waals surface area contributed by atoms with Crippen LogP contribution in [0.25, 0.3) is 0 Å². The van der Waals surface area contributed by atoms with E-state index in [9.17, 15) is 4.79 Å². The summed E-state index contributed by atoms with van der Waals surface area (Å²) in [6.07, 6.45) is 17.8. The number of allylic oxidation sites excluding steroid dienone is 1. The Morgan fingerprint density at radius 1 is 0.722 bits per heavy atom. The number of aliphatic carboxylic acids is 1. The molecule has 104 valence electrons. The maximum atomic E-state index is 10.8. The van der Waals surface area contributed by atoms with E-state index < -0.39 is 5.97 Å². The summed E-state index contributed by atoms with van der Waals surface area (Å²) >= 11 is 0. The van der Waals surface area contributed by atoms with Crippen molar-refractivity contribution in [3.05, 3.63) is 11.6 Å². The Bertz CT molecular complexity index is 240. The van der Waals surface area contributed by atoms with Gasteiger partial charge in [-0.05, 0) is 25.7 Å². The number of carboxylic acids is 1. The molecule has 0 unspecified atom stereocenters. The lowest BCUT2D eigenvalue weighted by Gasteiger charge is -2.09. The number of hydrogen-bond acceptors (Lipinski definition) is 1. The van der Waals surface area contributed by atoms with E-state index in [2.05, 4.69) is 0 Å². The number of carboxylic acid groups (broad SMARTS) is 1. The fourth-order valence-corrected chi connectivity index (χ4v) is 2.74. The predicted octanol–water partition coefficient (Wildman–Crippen LogP) is 5.08. The molecule has 2 nitrogen and oxygen atoms in total. The molecule has 0 aliphatic heterocycles. The fraction of sp³-hybridized carbons (Fsp3) is 0.812. The molecule has 1 rings (SSSR count).